The Labute approximate surface area is 155 Å². The summed E-state index contributed by atoms with van der Waals surface area (Å²) >= 11 is 1.59. The first-order valence-corrected chi connectivity index (χ1v) is 9.02. The van der Waals surface area contributed by atoms with Gasteiger partial charge in [0.05, 0.1) is 17.2 Å². The predicted molar refractivity (Wildman–Crippen MR) is 100 cm³/mol. The highest BCUT2D eigenvalue weighted by Crippen LogP contribution is 2.15. The van der Waals surface area contributed by atoms with E-state index >= 15 is 0 Å². The second-order valence-electron chi connectivity index (χ2n) is 5.70. The Morgan fingerprint density at radius 2 is 1.81 bits per heavy atom. The molecule has 0 spiro atoms. The van der Waals surface area contributed by atoms with Gasteiger partial charge in [0.15, 0.2) is 0 Å². The molecule has 0 aliphatic rings. The number of hydrogen-bond donors (Lipinski definition) is 1. The number of amides is 1. The van der Waals surface area contributed by atoms with Gasteiger partial charge in [-0.25, -0.2) is 4.98 Å². The van der Waals surface area contributed by atoms with Crippen LogP contribution < -0.4 is 10.1 Å². The lowest BCUT2D eigenvalue weighted by Crippen LogP contribution is -2.22. The molecule has 0 bridgehead atoms. The number of esters is 1. The zero-order chi connectivity index (χ0) is 18.4. The van der Waals surface area contributed by atoms with Crippen LogP contribution in [0.5, 0.6) is 5.75 Å². The summed E-state index contributed by atoms with van der Waals surface area (Å²) in [7, 11) is 0. The summed E-state index contributed by atoms with van der Waals surface area (Å²) in [5.41, 5.74) is 2.55. The average Bonchev–Trinajstić information content (AvgIpc) is 3.08. The highest BCUT2D eigenvalue weighted by molar-refractivity contribution is 7.09. The third-order valence-electron chi connectivity index (χ3n) is 3.61. The van der Waals surface area contributed by atoms with Gasteiger partial charge in [0.25, 0.3) is 5.91 Å². The first kappa shape index (κ1) is 17.8. The van der Waals surface area contributed by atoms with Gasteiger partial charge in [-0.1, -0.05) is 30.3 Å². The molecule has 6 heteroatoms. The van der Waals surface area contributed by atoms with Gasteiger partial charge >= 0.3 is 5.97 Å². The Kier molecular flexibility index (Phi) is 5.76. The number of ether oxygens (including phenoxy) is 1. The molecule has 26 heavy (non-hydrogen) atoms. The van der Waals surface area contributed by atoms with E-state index in [9.17, 15) is 9.59 Å². The van der Waals surface area contributed by atoms with Gasteiger partial charge in [-0.3, -0.25) is 9.59 Å². The second kappa shape index (κ2) is 8.40. The van der Waals surface area contributed by atoms with Crippen LogP contribution in [-0.2, 0) is 17.8 Å². The number of thiazole rings is 1. The Hall–Kier alpha value is -2.99. The van der Waals surface area contributed by atoms with Crippen LogP contribution in [0, 0.1) is 0 Å². The summed E-state index contributed by atoms with van der Waals surface area (Å²) in [6.45, 7) is 1.70. The lowest BCUT2D eigenvalue weighted by Gasteiger charge is -2.05. The van der Waals surface area contributed by atoms with E-state index in [1.807, 2.05) is 23.6 Å². The standard InChI is InChI=1S/C20H18N2O3S/c1-14(23)25-18-9-7-16(8-10-18)20(24)21-12-17-13-26-19(22-17)11-15-5-3-2-4-6-15/h2-10,13H,11-12H2,1H3,(H,21,24). The van der Waals surface area contributed by atoms with Crippen LogP contribution >= 0.6 is 11.3 Å². The van der Waals surface area contributed by atoms with Crippen LogP contribution in [0.3, 0.4) is 0 Å². The summed E-state index contributed by atoms with van der Waals surface area (Å²) in [5, 5.41) is 5.83. The molecule has 5 nitrogen and oxygen atoms in total. The lowest BCUT2D eigenvalue weighted by atomic mass is 10.2. The molecule has 0 radical (unpaired) electrons. The highest BCUT2D eigenvalue weighted by Gasteiger charge is 2.08. The van der Waals surface area contributed by atoms with Crippen molar-refractivity contribution < 1.29 is 14.3 Å². The number of hydrogen-bond acceptors (Lipinski definition) is 5. The molecule has 3 aromatic rings. The van der Waals surface area contributed by atoms with Gasteiger partial charge in [0, 0.05) is 24.3 Å². The van der Waals surface area contributed by atoms with Crippen LogP contribution in [0.15, 0.2) is 60.0 Å². The minimum Gasteiger partial charge on any atom is -0.427 e. The largest absolute Gasteiger partial charge is 0.427 e. The monoisotopic (exact) mass is 366 g/mol. The van der Waals surface area contributed by atoms with Gasteiger partial charge < -0.3 is 10.1 Å². The van der Waals surface area contributed by atoms with Crippen molar-refractivity contribution in [1.82, 2.24) is 10.3 Å². The molecule has 132 valence electrons. The van der Waals surface area contributed by atoms with Crippen molar-refractivity contribution in [1.29, 1.82) is 0 Å². The third kappa shape index (κ3) is 5.00. The van der Waals surface area contributed by atoms with Crippen molar-refractivity contribution in [2.24, 2.45) is 0 Å². The first-order chi connectivity index (χ1) is 12.6. The van der Waals surface area contributed by atoms with E-state index in [2.05, 4.69) is 22.4 Å². The first-order valence-electron chi connectivity index (χ1n) is 8.14. The Bertz CT molecular complexity index is 889. The number of carbonyl (C=O) groups is 2. The summed E-state index contributed by atoms with van der Waals surface area (Å²) in [4.78, 5) is 27.7. The fraction of sp³-hybridized carbons (Fsp3) is 0.150. The van der Waals surface area contributed by atoms with Crippen molar-refractivity contribution in [3.05, 3.63) is 81.8 Å². The molecule has 1 N–H and O–H groups in total. The van der Waals surface area contributed by atoms with Gasteiger partial charge in [-0.15, -0.1) is 11.3 Å². The molecule has 1 aromatic heterocycles. The van der Waals surface area contributed by atoms with Crippen LogP contribution in [0.25, 0.3) is 0 Å². The van der Waals surface area contributed by atoms with Gasteiger partial charge in [0.2, 0.25) is 0 Å². The Morgan fingerprint density at radius 1 is 1.08 bits per heavy atom. The molecule has 0 atom stereocenters. The van der Waals surface area contributed by atoms with Gasteiger partial charge in [-0.2, -0.15) is 0 Å². The molecule has 0 aliphatic carbocycles. The smallest absolute Gasteiger partial charge is 0.308 e. The SMILES string of the molecule is CC(=O)Oc1ccc(C(=O)NCc2csc(Cc3ccccc3)n2)cc1. The molecule has 0 saturated carbocycles. The molecule has 0 aliphatic heterocycles. The van der Waals surface area contributed by atoms with Crippen molar-refractivity contribution in [3.8, 4) is 5.75 Å². The molecule has 1 heterocycles. The lowest BCUT2D eigenvalue weighted by molar-refractivity contribution is -0.131. The van der Waals surface area contributed by atoms with E-state index in [0.29, 0.717) is 17.9 Å². The van der Waals surface area contributed by atoms with E-state index in [4.69, 9.17) is 4.74 Å². The zero-order valence-electron chi connectivity index (χ0n) is 14.3. The summed E-state index contributed by atoms with van der Waals surface area (Å²) in [6, 6.07) is 16.6. The summed E-state index contributed by atoms with van der Waals surface area (Å²) in [5.74, 6) is -0.173. The fourth-order valence-electron chi connectivity index (χ4n) is 2.40. The number of carbonyl (C=O) groups excluding carboxylic acids is 2. The molecule has 0 fully saturated rings. The Balaban J connectivity index is 1.54. The van der Waals surface area contributed by atoms with Crippen molar-refractivity contribution in [2.45, 2.75) is 19.9 Å². The van der Waals surface area contributed by atoms with Crippen LogP contribution in [0.2, 0.25) is 0 Å². The maximum atomic E-state index is 12.2. The molecule has 0 unspecified atom stereocenters. The molecular formula is C20H18N2O3S. The number of nitrogens with one attached hydrogen (secondary N) is 1. The fourth-order valence-corrected chi connectivity index (χ4v) is 3.22. The Morgan fingerprint density at radius 3 is 2.50 bits per heavy atom. The summed E-state index contributed by atoms with van der Waals surface area (Å²) in [6.07, 6.45) is 0.789. The quantitative estimate of drug-likeness (QED) is 0.535. The second-order valence-corrected chi connectivity index (χ2v) is 6.64. The summed E-state index contributed by atoms with van der Waals surface area (Å²) < 4.78 is 4.95. The highest BCUT2D eigenvalue weighted by atomic mass is 32.1. The molecule has 2 aromatic carbocycles. The van der Waals surface area contributed by atoms with Crippen molar-refractivity contribution in [3.63, 3.8) is 0 Å². The van der Waals surface area contributed by atoms with Crippen LogP contribution in [-0.4, -0.2) is 16.9 Å². The van der Waals surface area contributed by atoms with E-state index in [1.165, 1.54) is 12.5 Å². The normalized spacial score (nSPS) is 10.3. The minimum absolute atomic E-state index is 0.197. The van der Waals surface area contributed by atoms with Crippen LogP contribution in [0.4, 0.5) is 0 Å². The van der Waals surface area contributed by atoms with Gasteiger partial charge in [0.1, 0.15) is 5.75 Å². The number of benzene rings is 2. The number of nitrogens with zero attached hydrogens (tertiary/aromatic N) is 1. The molecular weight excluding hydrogens is 348 g/mol. The van der Waals surface area contributed by atoms with Crippen LogP contribution in [0.1, 0.15) is 33.5 Å². The molecule has 1 amide bonds. The number of aromatic nitrogens is 1. The maximum Gasteiger partial charge on any atom is 0.308 e. The van der Waals surface area contributed by atoms with E-state index < -0.39 is 5.97 Å². The van der Waals surface area contributed by atoms with E-state index in [-0.39, 0.29) is 5.91 Å². The topological polar surface area (TPSA) is 68.3 Å². The third-order valence-corrected chi connectivity index (χ3v) is 4.50. The minimum atomic E-state index is -0.392. The van der Waals surface area contributed by atoms with Crippen molar-refractivity contribution in [2.75, 3.05) is 0 Å². The maximum absolute atomic E-state index is 12.2. The van der Waals surface area contributed by atoms with Gasteiger partial charge in [-0.05, 0) is 29.8 Å². The molecule has 3 rings (SSSR count). The number of rotatable bonds is 6. The molecule has 0 saturated heterocycles. The zero-order valence-corrected chi connectivity index (χ0v) is 15.1. The average molecular weight is 366 g/mol. The predicted octanol–water partition coefficient (Wildman–Crippen LogP) is 3.59. The van der Waals surface area contributed by atoms with E-state index in [0.717, 1.165) is 17.1 Å². The van der Waals surface area contributed by atoms with Crippen molar-refractivity contribution >= 4 is 23.2 Å². The van der Waals surface area contributed by atoms with E-state index in [1.54, 1.807) is 35.6 Å².